The maximum absolute atomic E-state index is 13.4. The van der Waals surface area contributed by atoms with Gasteiger partial charge in [0.2, 0.25) is 0 Å². The summed E-state index contributed by atoms with van der Waals surface area (Å²) in [7, 11) is -1.46. The van der Waals surface area contributed by atoms with Crippen molar-refractivity contribution < 1.29 is 31.1 Å². The molecule has 0 bridgehead atoms. The summed E-state index contributed by atoms with van der Waals surface area (Å²) in [5.41, 5.74) is 2.42. The average molecular weight is 541 g/mol. The molecule has 1 aromatic carbocycles. The van der Waals surface area contributed by atoms with Crippen LogP contribution in [0.15, 0.2) is 30.3 Å². The van der Waals surface area contributed by atoms with Gasteiger partial charge in [0.15, 0.2) is 9.84 Å². The lowest BCUT2D eigenvalue weighted by Gasteiger charge is -2.41. The predicted octanol–water partition coefficient (Wildman–Crippen LogP) is 3.57. The first-order valence-electron chi connectivity index (χ1n) is 12.5. The third-order valence-corrected chi connectivity index (χ3v) is 9.40. The SMILES string of the molecule is COC1(c2cc(C3CC(c4ccc(CC(F)(F)F)cc4)CN(C(=O)N4CCS(=O)(=O)CC4)C3)[nH]n2)CC1. The second-order valence-corrected chi connectivity index (χ2v) is 12.7. The highest BCUT2D eigenvalue weighted by Crippen LogP contribution is 2.48. The minimum absolute atomic E-state index is 0.0525. The first-order chi connectivity index (χ1) is 17.5. The summed E-state index contributed by atoms with van der Waals surface area (Å²) in [5, 5.41) is 7.61. The molecule has 8 nitrogen and oxygen atoms in total. The van der Waals surface area contributed by atoms with Crippen LogP contribution in [0.2, 0.25) is 0 Å². The van der Waals surface area contributed by atoms with Crippen molar-refractivity contribution in [3.05, 3.63) is 52.8 Å². The normalized spacial score (nSPS) is 25.2. The van der Waals surface area contributed by atoms with E-state index in [4.69, 9.17) is 4.74 Å². The van der Waals surface area contributed by atoms with Gasteiger partial charge < -0.3 is 14.5 Å². The monoisotopic (exact) mass is 540 g/mol. The number of likely N-dealkylation sites (tertiary alicyclic amines) is 1. The Morgan fingerprint density at radius 3 is 2.35 bits per heavy atom. The molecule has 2 amide bonds. The molecule has 1 N–H and O–H groups in total. The molecule has 3 fully saturated rings. The van der Waals surface area contributed by atoms with Crippen molar-refractivity contribution in [2.24, 2.45) is 0 Å². The van der Waals surface area contributed by atoms with Crippen molar-refractivity contribution in [3.8, 4) is 0 Å². The zero-order valence-electron chi connectivity index (χ0n) is 20.6. The lowest BCUT2D eigenvalue weighted by atomic mass is 9.82. The van der Waals surface area contributed by atoms with Crippen LogP contribution in [-0.4, -0.2) is 85.4 Å². The molecule has 2 aromatic rings. The Hall–Kier alpha value is -2.60. The molecule has 2 aliphatic heterocycles. The van der Waals surface area contributed by atoms with E-state index in [9.17, 15) is 26.4 Å². The maximum Gasteiger partial charge on any atom is 0.393 e. The molecule has 0 spiro atoms. The van der Waals surface area contributed by atoms with Crippen molar-refractivity contribution in [2.45, 2.75) is 49.3 Å². The van der Waals surface area contributed by atoms with E-state index >= 15 is 0 Å². The Labute approximate surface area is 214 Å². The standard InChI is InChI=1S/C25H31F3N4O4S/c1-36-24(6-7-24)22-13-21(29-30-22)20-12-19(18-4-2-17(3-5-18)14-25(26,27)28)15-32(16-20)23(33)31-8-10-37(34,35)11-9-31/h2-5,13,19-20H,6-12,14-16H2,1H3,(H,29,30). The van der Waals surface area contributed by atoms with Gasteiger partial charge in [0.05, 0.1) is 23.6 Å². The number of urea groups is 1. The fraction of sp³-hybridized carbons (Fsp3) is 0.600. The summed E-state index contributed by atoms with van der Waals surface area (Å²) in [6.45, 7) is 1.15. The molecule has 12 heteroatoms. The van der Waals surface area contributed by atoms with E-state index in [2.05, 4.69) is 10.2 Å². The Kier molecular flexibility index (Phi) is 6.76. The van der Waals surface area contributed by atoms with Gasteiger partial charge >= 0.3 is 12.2 Å². The molecule has 37 heavy (non-hydrogen) atoms. The number of nitrogens with one attached hydrogen (secondary N) is 1. The van der Waals surface area contributed by atoms with Crippen LogP contribution < -0.4 is 0 Å². The molecule has 1 saturated carbocycles. The van der Waals surface area contributed by atoms with Crippen molar-refractivity contribution in [3.63, 3.8) is 0 Å². The van der Waals surface area contributed by atoms with E-state index < -0.39 is 22.4 Å². The molecule has 5 rings (SSSR count). The van der Waals surface area contributed by atoms with Crippen LogP contribution in [0.1, 0.15) is 53.6 Å². The molecule has 3 aliphatic rings. The number of carbonyl (C=O) groups is 1. The Morgan fingerprint density at radius 1 is 1.11 bits per heavy atom. The van der Waals surface area contributed by atoms with Crippen molar-refractivity contribution >= 4 is 15.9 Å². The fourth-order valence-electron chi connectivity index (χ4n) is 5.42. The van der Waals surface area contributed by atoms with Crippen molar-refractivity contribution in [1.29, 1.82) is 0 Å². The number of piperidine rings is 1. The minimum Gasteiger partial charge on any atom is -0.372 e. The van der Waals surface area contributed by atoms with Gasteiger partial charge in [-0.2, -0.15) is 18.3 Å². The summed E-state index contributed by atoms with van der Waals surface area (Å²) >= 11 is 0. The molecule has 1 aromatic heterocycles. The molecule has 202 valence electrons. The van der Waals surface area contributed by atoms with Crippen LogP contribution in [0.4, 0.5) is 18.0 Å². The van der Waals surface area contributed by atoms with Gasteiger partial charge in [-0.25, -0.2) is 13.2 Å². The number of methoxy groups -OCH3 is 1. The average Bonchev–Trinajstić information content (AvgIpc) is 3.50. The number of halogens is 3. The number of amides is 2. The van der Waals surface area contributed by atoms with E-state index in [1.807, 2.05) is 6.07 Å². The summed E-state index contributed by atoms with van der Waals surface area (Å²) in [6, 6.07) is 8.20. The highest BCUT2D eigenvalue weighted by Gasteiger charge is 2.47. The molecule has 2 saturated heterocycles. The Bertz CT molecular complexity index is 1230. The van der Waals surface area contributed by atoms with Crippen LogP contribution in [-0.2, 0) is 26.6 Å². The quantitative estimate of drug-likeness (QED) is 0.626. The van der Waals surface area contributed by atoms with E-state index in [1.54, 1.807) is 29.0 Å². The van der Waals surface area contributed by atoms with Crippen molar-refractivity contribution in [2.75, 3.05) is 44.8 Å². The zero-order valence-corrected chi connectivity index (χ0v) is 21.4. The van der Waals surface area contributed by atoms with Crippen LogP contribution in [0, 0.1) is 0 Å². The molecule has 2 atom stereocenters. The van der Waals surface area contributed by atoms with Gasteiger partial charge in [-0.3, -0.25) is 5.10 Å². The fourth-order valence-corrected chi connectivity index (χ4v) is 6.62. The highest BCUT2D eigenvalue weighted by molar-refractivity contribution is 7.91. The largest absolute Gasteiger partial charge is 0.393 e. The van der Waals surface area contributed by atoms with Gasteiger partial charge in [0, 0.05) is 50.8 Å². The number of alkyl halides is 3. The second-order valence-electron chi connectivity index (χ2n) is 10.4. The van der Waals surface area contributed by atoms with Crippen LogP contribution in [0.3, 0.4) is 0 Å². The zero-order chi connectivity index (χ0) is 26.4. The summed E-state index contributed by atoms with van der Waals surface area (Å²) in [5.74, 6) is -0.271. The summed E-state index contributed by atoms with van der Waals surface area (Å²) < 4.78 is 67.8. The third kappa shape index (κ3) is 5.79. The van der Waals surface area contributed by atoms with Gasteiger partial charge in [-0.05, 0) is 36.5 Å². The van der Waals surface area contributed by atoms with E-state index in [0.717, 1.165) is 29.8 Å². The number of nitrogens with zero attached hydrogens (tertiary/aromatic N) is 3. The van der Waals surface area contributed by atoms with E-state index in [0.29, 0.717) is 19.5 Å². The summed E-state index contributed by atoms with van der Waals surface area (Å²) in [4.78, 5) is 16.8. The number of aromatic nitrogens is 2. The predicted molar refractivity (Wildman–Crippen MR) is 130 cm³/mol. The number of hydrogen-bond acceptors (Lipinski definition) is 5. The highest BCUT2D eigenvalue weighted by atomic mass is 32.2. The van der Waals surface area contributed by atoms with Gasteiger partial charge in [-0.1, -0.05) is 24.3 Å². The lowest BCUT2D eigenvalue weighted by molar-refractivity contribution is -0.127. The molecule has 2 unspecified atom stereocenters. The Balaban J connectivity index is 1.38. The summed E-state index contributed by atoms with van der Waals surface area (Å²) in [6.07, 6.45) is -2.77. The number of rotatable bonds is 5. The number of sulfone groups is 1. The maximum atomic E-state index is 13.4. The lowest BCUT2D eigenvalue weighted by Crippen LogP contribution is -2.53. The smallest absolute Gasteiger partial charge is 0.372 e. The van der Waals surface area contributed by atoms with Gasteiger partial charge in [0.25, 0.3) is 0 Å². The van der Waals surface area contributed by atoms with Gasteiger partial charge in [0.1, 0.15) is 5.60 Å². The number of hydrogen-bond donors (Lipinski definition) is 1. The second kappa shape index (κ2) is 9.61. The van der Waals surface area contributed by atoms with Crippen LogP contribution in [0.25, 0.3) is 0 Å². The number of ether oxygens (including phenoxy) is 1. The van der Waals surface area contributed by atoms with Gasteiger partial charge in [-0.15, -0.1) is 0 Å². The number of aromatic amines is 1. The van der Waals surface area contributed by atoms with Crippen LogP contribution >= 0.6 is 0 Å². The number of benzene rings is 1. The molecular weight excluding hydrogens is 509 g/mol. The van der Waals surface area contributed by atoms with E-state index in [-0.39, 0.29) is 53.6 Å². The molecule has 3 heterocycles. The third-order valence-electron chi connectivity index (χ3n) is 7.79. The minimum atomic E-state index is -4.28. The number of H-pyrrole nitrogens is 1. The first kappa shape index (κ1) is 26.0. The Morgan fingerprint density at radius 2 is 1.76 bits per heavy atom. The first-order valence-corrected chi connectivity index (χ1v) is 14.3. The molecule has 0 radical (unpaired) electrons. The molecule has 1 aliphatic carbocycles. The molecular formula is C25H31F3N4O4S. The van der Waals surface area contributed by atoms with Crippen LogP contribution in [0.5, 0.6) is 0 Å². The number of carbonyl (C=O) groups excluding carboxylic acids is 1. The van der Waals surface area contributed by atoms with E-state index in [1.165, 1.54) is 12.1 Å². The topological polar surface area (TPSA) is 95.6 Å². The van der Waals surface area contributed by atoms with Crippen molar-refractivity contribution in [1.82, 2.24) is 20.0 Å².